The molecule has 1 rings (SSSR count). The van der Waals surface area contributed by atoms with Crippen molar-refractivity contribution in [3.8, 4) is 11.8 Å². The predicted molar refractivity (Wildman–Crippen MR) is 61.5 cm³/mol. The van der Waals surface area contributed by atoms with Crippen molar-refractivity contribution in [3.05, 3.63) is 33.8 Å². The quantitative estimate of drug-likeness (QED) is 0.771. The number of hydrogen-bond acceptors (Lipinski definition) is 1. The zero-order chi connectivity index (χ0) is 10.6. The van der Waals surface area contributed by atoms with Gasteiger partial charge in [-0.05, 0) is 30.7 Å². The fraction of sp³-hybridized carbons (Fsp3) is 0.273. The molecule has 0 saturated carbocycles. The van der Waals surface area contributed by atoms with Gasteiger partial charge in [0.15, 0.2) is 0 Å². The topological polar surface area (TPSA) is 26.0 Å². The van der Waals surface area contributed by atoms with Gasteiger partial charge >= 0.3 is 0 Å². The molecule has 1 aromatic carbocycles. The number of hydrogen-bond donors (Lipinski definition) is 1. The molecule has 74 valence electrons. The van der Waals surface area contributed by atoms with E-state index in [9.17, 15) is 0 Å². The highest BCUT2D eigenvalue weighted by Gasteiger charge is 2.09. The Bertz CT molecular complexity index is 377. The molecule has 14 heavy (non-hydrogen) atoms. The van der Waals surface area contributed by atoms with Gasteiger partial charge in [0, 0.05) is 22.5 Å². The predicted octanol–water partition coefficient (Wildman–Crippen LogP) is 3.41. The normalized spacial score (nSPS) is 11.7. The van der Waals surface area contributed by atoms with Crippen LogP contribution in [0.15, 0.2) is 18.2 Å². The Hall–Kier alpha value is -0.680. The average molecular weight is 228 g/mol. The third-order valence-electron chi connectivity index (χ3n) is 1.86. The molecular weight excluding hydrogens is 217 g/mol. The van der Waals surface area contributed by atoms with E-state index in [-0.39, 0.29) is 6.04 Å². The second kappa shape index (κ2) is 5.26. The Morgan fingerprint density at radius 3 is 2.79 bits per heavy atom. The second-order valence-corrected chi connectivity index (χ2v) is 3.75. The smallest absolute Gasteiger partial charge is 0.0455 e. The van der Waals surface area contributed by atoms with Gasteiger partial charge in [-0.25, -0.2) is 0 Å². The van der Waals surface area contributed by atoms with E-state index in [0.29, 0.717) is 16.5 Å². The van der Waals surface area contributed by atoms with Crippen LogP contribution >= 0.6 is 23.2 Å². The maximum absolute atomic E-state index is 5.98. The van der Waals surface area contributed by atoms with E-state index in [1.807, 2.05) is 0 Å². The molecule has 0 saturated heterocycles. The zero-order valence-electron chi connectivity index (χ0n) is 7.85. The maximum Gasteiger partial charge on any atom is 0.0455 e. The summed E-state index contributed by atoms with van der Waals surface area (Å²) >= 11 is 11.8. The second-order valence-electron chi connectivity index (χ2n) is 2.90. The van der Waals surface area contributed by atoms with E-state index >= 15 is 0 Å². The number of halogens is 2. The van der Waals surface area contributed by atoms with Crippen LogP contribution in [0.3, 0.4) is 0 Å². The molecule has 1 unspecified atom stereocenters. The van der Waals surface area contributed by atoms with Crippen LogP contribution in [0.2, 0.25) is 10.0 Å². The average Bonchev–Trinajstić information content (AvgIpc) is 2.18. The van der Waals surface area contributed by atoms with E-state index in [1.165, 1.54) is 0 Å². The van der Waals surface area contributed by atoms with Crippen LogP contribution in [-0.2, 0) is 0 Å². The van der Waals surface area contributed by atoms with Gasteiger partial charge in [-0.2, -0.15) is 0 Å². The maximum atomic E-state index is 5.98. The molecule has 0 spiro atoms. The highest BCUT2D eigenvalue weighted by molar-refractivity contribution is 6.33. The van der Waals surface area contributed by atoms with Gasteiger partial charge in [-0.1, -0.05) is 23.2 Å². The van der Waals surface area contributed by atoms with E-state index in [0.717, 1.165) is 5.56 Å². The Kier molecular flexibility index (Phi) is 4.28. The summed E-state index contributed by atoms with van der Waals surface area (Å²) < 4.78 is 0. The summed E-state index contributed by atoms with van der Waals surface area (Å²) in [6.07, 6.45) is 0.594. The van der Waals surface area contributed by atoms with E-state index in [4.69, 9.17) is 28.9 Å². The summed E-state index contributed by atoms with van der Waals surface area (Å²) in [7, 11) is 0. The first-order valence-corrected chi connectivity index (χ1v) is 5.01. The molecule has 0 fully saturated rings. The summed E-state index contributed by atoms with van der Waals surface area (Å²) in [6.45, 7) is 1.78. The molecule has 1 atom stereocenters. The first kappa shape index (κ1) is 11.4. The van der Waals surface area contributed by atoms with Crippen molar-refractivity contribution in [1.29, 1.82) is 0 Å². The van der Waals surface area contributed by atoms with Crippen LogP contribution in [0.4, 0.5) is 0 Å². The van der Waals surface area contributed by atoms with Crippen molar-refractivity contribution < 1.29 is 0 Å². The minimum absolute atomic E-state index is 0.173. The third-order valence-corrected chi connectivity index (χ3v) is 2.44. The Morgan fingerprint density at radius 2 is 2.14 bits per heavy atom. The van der Waals surface area contributed by atoms with Crippen molar-refractivity contribution >= 4 is 23.2 Å². The fourth-order valence-corrected chi connectivity index (χ4v) is 1.56. The lowest BCUT2D eigenvalue weighted by Gasteiger charge is -2.10. The van der Waals surface area contributed by atoms with Crippen molar-refractivity contribution in [3.63, 3.8) is 0 Å². The van der Waals surface area contributed by atoms with Gasteiger partial charge < -0.3 is 5.73 Å². The Morgan fingerprint density at radius 1 is 1.43 bits per heavy atom. The van der Waals surface area contributed by atoms with Crippen molar-refractivity contribution in [2.45, 2.75) is 19.4 Å². The van der Waals surface area contributed by atoms with E-state index in [2.05, 4.69) is 11.8 Å². The van der Waals surface area contributed by atoms with E-state index < -0.39 is 0 Å². The lowest BCUT2D eigenvalue weighted by Crippen LogP contribution is -2.09. The lowest BCUT2D eigenvalue weighted by molar-refractivity contribution is 0.754. The fourth-order valence-electron chi connectivity index (χ4n) is 1.12. The highest BCUT2D eigenvalue weighted by Crippen LogP contribution is 2.26. The molecule has 0 bridgehead atoms. The van der Waals surface area contributed by atoms with Crippen LogP contribution in [0.25, 0.3) is 0 Å². The number of nitrogens with two attached hydrogens (primary N) is 1. The summed E-state index contributed by atoms with van der Waals surface area (Å²) in [5.74, 6) is 5.71. The summed E-state index contributed by atoms with van der Waals surface area (Å²) in [6, 6.07) is 5.10. The molecule has 1 nitrogen and oxygen atoms in total. The van der Waals surface area contributed by atoms with Crippen molar-refractivity contribution in [2.75, 3.05) is 0 Å². The van der Waals surface area contributed by atoms with Gasteiger partial charge in [-0.15, -0.1) is 11.8 Å². The monoisotopic (exact) mass is 227 g/mol. The molecular formula is C11H11Cl2N. The molecule has 0 amide bonds. The molecule has 0 aliphatic rings. The van der Waals surface area contributed by atoms with Gasteiger partial charge in [-0.3, -0.25) is 0 Å². The summed E-state index contributed by atoms with van der Waals surface area (Å²) in [4.78, 5) is 0. The first-order valence-electron chi connectivity index (χ1n) is 4.25. The molecule has 0 heterocycles. The van der Waals surface area contributed by atoms with Gasteiger partial charge in [0.25, 0.3) is 0 Å². The van der Waals surface area contributed by atoms with Crippen LogP contribution in [-0.4, -0.2) is 0 Å². The minimum atomic E-state index is -0.173. The molecule has 2 N–H and O–H groups in total. The first-order chi connectivity index (χ1) is 6.65. The van der Waals surface area contributed by atoms with Gasteiger partial charge in [0.05, 0.1) is 0 Å². The Balaban J connectivity index is 2.91. The SMILES string of the molecule is CC#CCC(N)c1cc(Cl)ccc1Cl. The molecule has 3 heteroatoms. The molecule has 0 radical (unpaired) electrons. The molecule has 0 aromatic heterocycles. The van der Waals surface area contributed by atoms with Crippen molar-refractivity contribution in [1.82, 2.24) is 0 Å². The Labute approximate surface area is 94.2 Å². The van der Waals surface area contributed by atoms with Crippen molar-refractivity contribution in [2.24, 2.45) is 5.73 Å². The van der Waals surface area contributed by atoms with Gasteiger partial charge in [0.2, 0.25) is 0 Å². The third kappa shape index (κ3) is 2.92. The zero-order valence-corrected chi connectivity index (χ0v) is 9.36. The van der Waals surface area contributed by atoms with Gasteiger partial charge in [0.1, 0.15) is 0 Å². The number of rotatable bonds is 2. The molecule has 0 aliphatic heterocycles. The van der Waals surface area contributed by atoms with Crippen LogP contribution < -0.4 is 5.73 Å². The molecule has 1 aromatic rings. The molecule has 0 aliphatic carbocycles. The highest BCUT2D eigenvalue weighted by atomic mass is 35.5. The number of benzene rings is 1. The minimum Gasteiger partial charge on any atom is -0.323 e. The van der Waals surface area contributed by atoms with Crippen LogP contribution in [0.5, 0.6) is 0 Å². The van der Waals surface area contributed by atoms with Crippen LogP contribution in [0, 0.1) is 11.8 Å². The summed E-state index contributed by atoms with van der Waals surface area (Å²) in [5.41, 5.74) is 6.75. The standard InChI is InChI=1S/C11H11Cl2N/c1-2-3-4-11(14)9-7-8(12)5-6-10(9)13/h5-7,11H,4,14H2,1H3. The van der Waals surface area contributed by atoms with E-state index in [1.54, 1.807) is 25.1 Å². The largest absolute Gasteiger partial charge is 0.323 e. The van der Waals surface area contributed by atoms with Crippen LogP contribution in [0.1, 0.15) is 24.9 Å². The lowest BCUT2D eigenvalue weighted by atomic mass is 10.1. The summed E-state index contributed by atoms with van der Waals surface area (Å²) in [5, 5.41) is 1.28.